The van der Waals surface area contributed by atoms with E-state index < -0.39 is 0 Å². The average Bonchev–Trinajstić information content (AvgIpc) is 2.99. The third kappa shape index (κ3) is 7.23. The van der Waals surface area contributed by atoms with Crippen molar-refractivity contribution in [2.45, 2.75) is 88.9 Å². The zero-order chi connectivity index (χ0) is 28.3. The second-order valence-corrected chi connectivity index (χ2v) is 11.9. The smallest absolute Gasteiger partial charge is 0.262 e. The maximum absolute atomic E-state index is 14.0. The van der Waals surface area contributed by atoms with Crippen LogP contribution in [0.25, 0.3) is 0 Å². The van der Waals surface area contributed by atoms with Gasteiger partial charge in [-0.3, -0.25) is 9.69 Å². The summed E-state index contributed by atoms with van der Waals surface area (Å²) in [5.74, 6) is 0.0199. The fourth-order valence-electron chi connectivity index (χ4n) is 5.24. The van der Waals surface area contributed by atoms with Gasteiger partial charge < -0.3 is 9.80 Å². The molecule has 1 amide bonds. The second-order valence-electron chi connectivity index (χ2n) is 10.8. The third-order valence-electron chi connectivity index (χ3n) is 7.67. The van der Waals surface area contributed by atoms with Crippen LogP contribution in [-0.4, -0.2) is 32.1 Å². The summed E-state index contributed by atoms with van der Waals surface area (Å²) in [5, 5.41) is 0. The Hall–Kier alpha value is -2.92. The van der Waals surface area contributed by atoms with Gasteiger partial charge in [0.1, 0.15) is 0 Å². The monoisotopic (exact) mass is 557 g/mol. The molecule has 0 aromatic heterocycles. The molecule has 4 nitrogen and oxygen atoms in total. The minimum atomic E-state index is 0.0199. The van der Waals surface area contributed by atoms with Crippen LogP contribution in [0.1, 0.15) is 89.4 Å². The fourth-order valence-corrected chi connectivity index (χ4v) is 6.37. The largest absolute Gasteiger partial charge is 0.372 e. The summed E-state index contributed by atoms with van der Waals surface area (Å²) in [4.78, 5) is 23.3. The predicted octanol–water partition coefficient (Wildman–Crippen LogP) is 9.94. The van der Waals surface area contributed by atoms with Crippen molar-refractivity contribution in [1.29, 1.82) is 0 Å². The molecule has 1 aliphatic heterocycles. The van der Waals surface area contributed by atoms with Gasteiger partial charge in [-0.15, -0.1) is 0 Å². The maximum atomic E-state index is 14.0. The van der Waals surface area contributed by atoms with Gasteiger partial charge in [-0.25, -0.2) is 0 Å². The maximum Gasteiger partial charge on any atom is 0.262 e. The van der Waals surface area contributed by atoms with Gasteiger partial charge >= 0.3 is 0 Å². The SMILES string of the molecule is CCCCN(CCCC)c1ccc2c(c1)Sc1cc(N(CCCC)CCCC)ccc1N2C(=O)c1ccccc1. The Morgan fingerprint density at radius 1 is 0.625 bits per heavy atom. The highest BCUT2D eigenvalue weighted by atomic mass is 32.2. The average molecular weight is 558 g/mol. The Balaban J connectivity index is 1.76. The molecule has 0 saturated heterocycles. The standard InChI is InChI=1S/C35H47N3OS/c1-5-9-22-36(23-10-6-2)29-18-20-31-33(26-29)40-34-27-30(37(24-11-7-3)25-12-8-4)19-21-32(34)38(31)35(39)28-16-14-13-15-17-28/h13-21,26-27H,5-12,22-25H2,1-4H3. The summed E-state index contributed by atoms with van der Waals surface area (Å²) in [6, 6.07) is 23.1. The van der Waals surface area contributed by atoms with Crippen LogP contribution in [0.4, 0.5) is 22.7 Å². The summed E-state index contributed by atoms with van der Waals surface area (Å²) < 4.78 is 0. The van der Waals surface area contributed by atoms with E-state index in [4.69, 9.17) is 0 Å². The lowest BCUT2D eigenvalue weighted by Gasteiger charge is -2.34. The molecule has 3 aromatic rings. The lowest BCUT2D eigenvalue weighted by molar-refractivity contribution is 0.0998. The number of hydrogen-bond donors (Lipinski definition) is 0. The van der Waals surface area contributed by atoms with Crippen molar-refractivity contribution < 1.29 is 4.79 Å². The van der Waals surface area contributed by atoms with Crippen LogP contribution in [0.2, 0.25) is 0 Å². The number of carbonyl (C=O) groups is 1. The first kappa shape index (κ1) is 30.0. The van der Waals surface area contributed by atoms with E-state index in [9.17, 15) is 4.79 Å². The second kappa shape index (κ2) is 15.2. The van der Waals surface area contributed by atoms with Crippen molar-refractivity contribution in [3.8, 4) is 0 Å². The van der Waals surface area contributed by atoms with E-state index in [1.165, 1.54) is 62.7 Å². The van der Waals surface area contributed by atoms with Gasteiger partial charge in [-0.1, -0.05) is 83.3 Å². The van der Waals surface area contributed by atoms with Crippen LogP contribution < -0.4 is 14.7 Å². The van der Waals surface area contributed by atoms with Crippen molar-refractivity contribution in [3.63, 3.8) is 0 Å². The highest BCUT2D eigenvalue weighted by Gasteiger charge is 2.30. The Morgan fingerprint density at radius 2 is 1.05 bits per heavy atom. The van der Waals surface area contributed by atoms with Crippen molar-refractivity contribution >= 4 is 40.4 Å². The molecule has 0 N–H and O–H groups in total. The molecule has 1 aliphatic rings. The first-order valence-electron chi connectivity index (χ1n) is 15.5. The van der Waals surface area contributed by atoms with Crippen molar-refractivity contribution in [2.75, 3.05) is 40.9 Å². The van der Waals surface area contributed by atoms with E-state index in [1.54, 1.807) is 0 Å². The van der Waals surface area contributed by atoms with Crippen molar-refractivity contribution in [3.05, 3.63) is 72.3 Å². The number of amides is 1. The van der Waals surface area contributed by atoms with E-state index in [0.717, 1.165) is 47.3 Å². The molecule has 0 aliphatic carbocycles. The molecule has 4 rings (SSSR count). The van der Waals surface area contributed by atoms with Crippen LogP contribution >= 0.6 is 11.8 Å². The lowest BCUT2D eigenvalue weighted by Crippen LogP contribution is -2.30. The molecular weight excluding hydrogens is 510 g/mol. The minimum absolute atomic E-state index is 0.0199. The number of rotatable bonds is 15. The molecule has 0 unspecified atom stereocenters. The van der Waals surface area contributed by atoms with Crippen LogP contribution in [0.15, 0.2) is 76.5 Å². The van der Waals surface area contributed by atoms with Crippen LogP contribution in [0.5, 0.6) is 0 Å². The molecule has 0 fully saturated rings. The van der Waals surface area contributed by atoms with Gasteiger partial charge in [-0.2, -0.15) is 0 Å². The third-order valence-corrected chi connectivity index (χ3v) is 8.76. The van der Waals surface area contributed by atoms with Gasteiger partial charge in [-0.05, 0) is 74.2 Å². The van der Waals surface area contributed by atoms with Crippen LogP contribution in [-0.2, 0) is 0 Å². The zero-order valence-electron chi connectivity index (χ0n) is 25.0. The Kier molecular flexibility index (Phi) is 11.4. The Morgan fingerprint density at radius 3 is 1.45 bits per heavy atom. The summed E-state index contributed by atoms with van der Waals surface area (Å²) >= 11 is 1.81. The van der Waals surface area contributed by atoms with E-state index in [1.807, 2.05) is 47.0 Å². The zero-order valence-corrected chi connectivity index (χ0v) is 25.8. The van der Waals surface area contributed by atoms with E-state index in [0.29, 0.717) is 5.56 Å². The highest BCUT2D eigenvalue weighted by molar-refractivity contribution is 7.99. The summed E-state index contributed by atoms with van der Waals surface area (Å²) in [6.07, 6.45) is 9.48. The molecule has 3 aromatic carbocycles. The normalized spacial score (nSPS) is 12.2. The van der Waals surface area contributed by atoms with Crippen molar-refractivity contribution in [1.82, 2.24) is 0 Å². The molecular formula is C35H47N3OS. The predicted molar refractivity (Wildman–Crippen MR) is 174 cm³/mol. The van der Waals surface area contributed by atoms with Gasteiger partial charge in [0.25, 0.3) is 5.91 Å². The van der Waals surface area contributed by atoms with Gasteiger partial charge in [0.2, 0.25) is 0 Å². The number of hydrogen-bond acceptors (Lipinski definition) is 4. The van der Waals surface area contributed by atoms with E-state index in [2.05, 4.69) is 73.9 Å². The number of carbonyl (C=O) groups excluding carboxylic acids is 1. The van der Waals surface area contributed by atoms with Crippen LogP contribution in [0, 0.1) is 0 Å². The van der Waals surface area contributed by atoms with Gasteiger partial charge in [0, 0.05) is 52.9 Å². The van der Waals surface area contributed by atoms with E-state index >= 15 is 0 Å². The van der Waals surface area contributed by atoms with Gasteiger partial charge in [0.15, 0.2) is 0 Å². The first-order chi connectivity index (χ1) is 19.6. The topological polar surface area (TPSA) is 26.8 Å². The molecule has 1 heterocycles. The lowest BCUT2D eigenvalue weighted by atomic mass is 10.1. The molecule has 5 heteroatoms. The van der Waals surface area contributed by atoms with Crippen LogP contribution in [0.3, 0.4) is 0 Å². The molecule has 214 valence electrons. The fraction of sp³-hybridized carbons (Fsp3) is 0.457. The quantitative estimate of drug-likeness (QED) is 0.186. The molecule has 0 spiro atoms. The summed E-state index contributed by atoms with van der Waals surface area (Å²) in [6.45, 7) is 13.3. The summed E-state index contributed by atoms with van der Waals surface area (Å²) in [7, 11) is 0. The highest BCUT2D eigenvalue weighted by Crippen LogP contribution is 2.50. The summed E-state index contributed by atoms with van der Waals surface area (Å²) in [5.41, 5.74) is 5.17. The number of fused-ring (bicyclic) bond motifs is 2. The molecule has 0 saturated carbocycles. The molecule has 40 heavy (non-hydrogen) atoms. The number of nitrogens with zero attached hydrogens (tertiary/aromatic N) is 3. The number of unbranched alkanes of at least 4 members (excludes halogenated alkanes) is 4. The molecule has 0 atom stereocenters. The number of benzene rings is 3. The molecule has 0 radical (unpaired) electrons. The number of anilines is 4. The van der Waals surface area contributed by atoms with Gasteiger partial charge in [0.05, 0.1) is 11.4 Å². The minimum Gasteiger partial charge on any atom is -0.372 e. The van der Waals surface area contributed by atoms with E-state index in [-0.39, 0.29) is 5.91 Å². The Bertz CT molecular complexity index is 1140. The van der Waals surface area contributed by atoms with Crippen molar-refractivity contribution in [2.24, 2.45) is 0 Å². The molecule has 0 bridgehead atoms. The Labute approximate surface area is 246 Å². The first-order valence-corrected chi connectivity index (χ1v) is 16.3.